The lowest BCUT2D eigenvalue weighted by Gasteiger charge is -2.08. The molecule has 0 saturated heterocycles. The Bertz CT molecular complexity index is 2950. The molecule has 0 aliphatic heterocycles. The summed E-state index contributed by atoms with van der Waals surface area (Å²) in [7, 11) is 0. The Balaban J connectivity index is 0.994. The summed E-state index contributed by atoms with van der Waals surface area (Å²) in [5, 5.41) is 6.20. The normalized spacial score (nSPS) is 11.9. The summed E-state index contributed by atoms with van der Waals surface area (Å²) in [6, 6.07) is 54.3. The predicted molar refractivity (Wildman–Crippen MR) is 217 cm³/mol. The van der Waals surface area contributed by atoms with Crippen LogP contribution in [-0.2, 0) is 0 Å². The number of thiophene rings is 2. The standard InChI is InChI=1S/C46H26N2OS2/c1-3-19-41-34(13-1)36-17-7-15-32(44(36)50-41)29-10-5-9-27(23-29)28-21-22-39-38(25-28)43-40(49-39)26-47-46(48-43)31-12-6-11-30(24-31)33-16-8-18-37-35-14-2-4-20-42(35)51-45(33)37/h1-26H. The van der Waals surface area contributed by atoms with Crippen LogP contribution < -0.4 is 0 Å². The van der Waals surface area contributed by atoms with E-state index in [1.807, 2.05) is 28.9 Å². The van der Waals surface area contributed by atoms with Crippen molar-refractivity contribution in [1.29, 1.82) is 0 Å². The first-order valence-electron chi connectivity index (χ1n) is 17.0. The molecule has 238 valence electrons. The van der Waals surface area contributed by atoms with Gasteiger partial charge in [-0.15, -0.1) is 22.7 Å². The van der Waals surface area contributed by atoms with Crippen molar-refractivity contribution in [2.45, 2.75) is 0 Å². The maximum atomic E-state index is 6.25. The highest BCUT2D eigenvalue weighted by atomic mass is 32.1. The minimum Gasteiger partial charge on any atom is -0.453 e. The lowest BCUT2D eigenvalue weighted by Crippen LogP contribution is -1.89. The van der Waals surface area contributed by atoms with Gasteiger partial charge in [0.2, 0.25) is 0 Å². The van der Waals surface area contributed by atoms with Crippen molar-refractivity contribution in [3.8, 4) is 44.8 Å². The van der Waals surface area contributed by atoms with Crippen LogP contribution >= 0.6 is 22.7 Å². The zero-order chi connectivity index (χ0) is 33.5. The molecule has 0 spiro atoms. The van der Waals surface area contributed by atoms with E-state index in [1.165, 1.54) is 57.0 Å². The molecule has 4 heterocycles. The largest absolute Gasteiger partial charge is 0.453 e. The van der Waals surface area contributed by atoms with Crippen LogP contribution in [0.5, 0.6) is 0 Å². The molecule has 0 atom stereocenters. The highest BCUT2D eigenvalue weighted by molar-refractivity contribution is 7.26. The van der Waals surface area contributed by atoms with Crippen LogP contribution in [0.4, 0.5) is 0 Å². The van der Waals surface area contributed by atoms with Gasteiger partial charge in [-0.1, -0.05) is 115 Å². The van der Waals surface area contributed by atoms with Gasteiger partial charge in [0.15, 0.2) is 11.4 Å². The van der Waals surface area contributed by atoms with Gasteiger partial charge in [-0.25, -0.2) is 9.97 Å². The monoisotopic (exact) mass is 686 g/mol. The molecule has 0 saturated carbocycles. The number of nitrogens with zero attached hydrogens (tertiary/aromatic N) is 2. The molecule has 11 rings (SSSR count). The first-order chi connectivity index (χ1) is 25.2. The number of hydrogen-bond donors (Lipinski definition) is 0. The van der Waals surface area contributed by atoms with Gasteiger partial charge in [0.1, 0.15) is 11.1 Å². The second-order valence-corrected chi connectivity index (χ2v) is 15.0. The fourth-order valence-corrected chi connectivity index (χ4v) is 10.00. The number of rotatable bonds is 4. The van der Waals surface area contributed by atoms with Gasteiger partial charge >= 0.3 is 0 Å². The third-order valence-corrected chi connectivity index (χ3v) is 12.4. The minimum absolute atomic E-state index is 0.680. The Morgan fingerprint density at radius 2 is 0.961 bits per heavy atom. The molecule has 0 amide bonds. The van der Waals surface area contributed by atoms with Crippen molar-refractivity contribution >= 4 is 85.1 Å². The Morgan fingerprint density at radius 3 is 1.65 bits per heavy atom. The van der Waals surface area contributed by atoms with E-state index in [4.69, 9.17) is 14.4 Å². The predicted octanol–water partition coefficient (Wildman–Crippen LogP) is 13.8. The zero-order valence-corrected chi connectivity index (χ0v) is 28.8. The molecule has 0 N–H and O–H groups in total. The summed E-state index contributed by atoms with van der Waals surface area (Å²) in [4.78, 5) is 9.89. The second kappa shape index (κ2) is 11.2. The number of fused-ring (bicyclic) bond motifs is 9. The highest BCUT2D eigenvalue weighted by Gasteiger charge is 2.16. The van der Waals surface area contributed by atoms with Crippen molar-refractivity contribution in [3.05, 3.63) is 158 Å². The average Bonchev–Trinajstić information content (AvgIpc) is 3.89. The van der Waals surface area contributed by atoms with E-state index in [9.17, 15) is 0 Å². The van der Waals surface area contributed by atoms with Crippen molar-refractivity contribution in [2.24, 2.45) is 0 Å². The fourth-order valence-electron chi connectivity index (χ4n) is 7.52. The van der Waals surface area contributed by atoms with Gasteiger partial charge in [-0.3, -0.25) is 0 Å². The van der Waals surface area contributed by atoms with Crippen molar-refractivity contribution in [3.63, 3.8) is 0 Å². The molecule has 7 aromatic carbocycles. The highest BCUT2D eigenvalue weighted by Crippen LogP contribution is 2.42. The van der Waals surface area contributed by atoms with Gasteiger partial charge in [0, 0.05) is 51.3 Å². The molecule has 0 unspecified atom stereocenters. The molecule has 0 aliphatic carbocycles. The van der Waals surface area contributed by atoms with Crippen molar-refractivity contribution in [2.75, 3.05) is 0 Å². The quantitative estimate of drug-likeness (QED) is 0.185. The van der Waals surface area contributed by atoms with E-state index < -0.39 is 0 Å². The van der Waals surface area contributed by atoms with E-state index in [2.05, 4.69) is 152 Å². The van der Waals surface area contributed by atoms with Gasteiger partial charge in [0.25, 0.3) is 0 Å². The maximum absolute atomic E-state index is 6.25. The zero-order valence-electron chi connectivity index (χ0n) is 27.1. The van der Waals surface area contributed by atoms with E-state index in [1.54, 1.807) is 0 Å². The lowest BCUT2D eigenvalue weighted by molar-refractivity contribution is 0.666. The molecule has 0 fully saturated rings. The third kappa shape index (κ3) is 4.56. The number of benzene rings is 7. The third-order valence-electron chi connectivity index (χ3n) is 9.96. The maximum Gasteiger partial charge on any atom is 0.172 e. The Labute approximate surface area is 300 Å². The van der Waals surface area contributed by atoms with E-state index >= 15 is 0 Å². The van der Waals surface area contributed by atoms with Crippen LogP contribution in [0.25, 0.3) is 107 Å². The average molecular weight is 687 g/mol. The van der Waals surface area contributed by atoms with Crippen LogP contribution in [0, 0.1) is 0 Å². The molecule has 4 aromatic heterocycles. The van der Waals surface area contributed by atoms with E-state index in [0.717, 1.165) is 38.7 Å². The first kappa shape index (κ1) is 28.7. The summed E-state index contributed by atoms with van der Waals surface area (Å²) in [5.41, 5.74) is 10.4. The molecule has 0 aliphatic rings. The molecule has 0 bridgehead atoms. The topological polar surface area (TPSA) is 38.9 Å². The van der Waals surface area contributed by atoms with Gasteiger partial charge in [-0.05, 0) is 69.8 Å². The van der Waals surface area contributed by atoms with Gasteiger partial charge in [0.05, 0.1) is 6.20 Å². The number of aromatic nitrogens is 2. The van der Waals surface area contributed by atoms with Crippen LogP contribution in [0.15, 0.2) is 162 Å². The molecule has 3 nitrogen and oxygen atoms in total. The van der Waals surface area contributed by atoms with Gasteiger partial charge < -0.3 is 4.42 Å². The molecular formula is C46H26N2OS2. The molecule has 51 heavy (non-hydrogen) atoms. The van der Waals surface area contributed by atoms with Gasteiger partial charge in [-0.2, -0.15) is 0 Å². The molecule has 0 radical (unpaired) electrons. The van der Waals surface area contributed by atoms with Crippen LogP contribution in [0.2, 0.25) is 0 Å². The second-order valence-electron chi connectivity index (χ2n) is 12.9. The minimum atomic E-state index is 0.680. The Hall–Kier alpha value is -6.14. The number of hydrogen-bond acceptors (Lipinski definition) is 5. The summed E-state index contributed by atoms with van der Waals surface area (Å²) < 4.78 is 11.5. The Morgan fingerprint density at radius 1 is 0.412 bits per heavy atom. The summed E-state index contributed by atoms with van der Waals surface area (Å²) in [6.07, 6.45) is 1.81. The van der Waals surface area contributed by atoms with Crippen LogP contribution in [-0.4, -0.2) is 9.97 Å². The SMILES string of the molecule is c1cc(-c2ccc3oc4cnc(-c5cccc(-c6cccc7c6sc6ccccc67)c5)nc4c3c2)cc(-c2cccc3c2sc2ccccc23)c1. The number of furan rings is 1. The molecular weight excluding hydrogens is 661 g/mol. The fraction of sp³-hybridized carbons (Fsp3) is 0. The summed E-state index contributed by atoms with van der Waals surface area (Å²) in [6.45, 7) is 0. The summed E-state index contributed by atoms with van der Waals surface area (Å²) >= 11 is 3.71. The summed E-state index contributed by atoms with van der Waals surface area (Å²) in [5.74, 6) is 0.680. The van der Waals surface area contributed by atoms with E-state index in [0.29, 0.717) is 11.4 Å². The van der Waals surface area contributed by atoms with E-state index in [-0.39, 0.29) is 0 Å². The van der Waals surface area contributed by atoms with Crippen LogP contribution in [0.1, 0.15) is 0 Å². The smallest absolute Gasteiger partial charge is 0.172 e. The van der Waals surface area contributed by atoms with Crippen molar-refractivity contribution < 1.29 is 4.42 Å². The molecule has 5 heteroatoms. The molecule has 11 aromatic rings. The lowest BCUT2D eigenvalue weighted by atomic mass is 9.97. The van der Waals surface area contributed by atoms with Crippen molar-refractivity contribution in [1.82, 2.24) is 9.97 Å². The first-order valence-corrected chi connectivity index (χ1v) is 18.6. The van der Waals surface area contributed by atoms with Crippen LogP contribution in [0.3, 0.4) is 0 Å². The Kier molecular flexibility index (Phi) is 6.29.